The van der Waals surface area contributed by atoms with Crippen molar-refractivity contribution in [1.29, 1.82) is 0 Å². The van der Waals surface area contributed by atoms with Crippen LogP contribution in [0.2, 0.25) is 0 Å². The lowest BCUT2D eigenvalue weighted by Gasteiger charge is -2.10. The number of nitrogens with zero attached hydrogens (tertiary/aromatic N) is 8. The third kappa shape index (κ3) is 14.1. The van der Waals surface area contributed by atoms with Gasteiger partial charge in [0.2, 0.25) is 0 Å². The molecular weight excluding hydrogens is 1000 g/mol. The van der Waals surface area contributed by atoms with E-state index in [1.807, 2.05) is 38.0 Å². The molecular formula is C54H66N16O8. The van der Waals surface area contributed by atoms with Crippen LogP contribution < -0.4 is 42.5 Å². The highest BCUT2D eigenvalue weighted by Gasteiger charge is 2.22. The van der Waals surface area contributed by atoms with Crippen LogP contribution in [0.4, 0.5) is 34.1 Å². The van der Waals surface area contributed by atoms with E-state index in [1.165, 1.54) is 51.6 Å². The van der Waals surface area contributed by atoms with E-state index in [2.05, 4.69) is 42.5 Å². The summed E-state index contributed by atoms with van der Waals surface area (Å²) >= 11 is 0. The first-order valence-electron chi connectivity index (χ1n) is 24.9. The summed E-state index contributed by atoms with van der Waals surface area (Å²) in [5.41, 5.74) is 4.12. The molecule has 0 fully saturated rings. The van der Waals surface area contributed by atoms with Crippen molar-refractivity contribution in [1.82, 2.24) is 47.8 Å². The van der Waals surface area contributed by atoms with E-state index < -0.39 is 35.4 Å². The third-order valence-electron chi connectivity index (χ3n) is 12.5. The van der Waals surface area contributed by atoms with Crippen LogP contribution in [-0.4, -0.2) is 139 Å². The number of hydrogen-bond acceptors (Lipinski definition) is 10. The Labute approximate surface area is 450 Å². The van der Waals surface area contributed by atoms with Crippen molar-refractivity contribution in [2.24, 2.45) is 42.3 Å². The van der Waals surface area contributed by atoms with Crippen LogP contribution in [0.1, 0.15) is 96.5 Å². The van der Waals surface area contributed by atoms with Gasteiger partial charge in [0.25, 0.3) is 47.3 Å². The zero-order chi connectivity index (χ0) is 56.5. The quantitative estimate of drug-likeness (QED) is 0.0438. The zero-order valence-electron chi connectivity index (χ0n) is 45.3. The van der Waals surface area contributed by atoms with E-state index in [-0.39, 0.29) is 45.7 Å². The Morgan fingerprint density at radius 2 is 0.577 bits per heavy atom. The van der Waals surface area contributed by atoms with E-state index >= 15 is 0 Å². The molecule has 0 saturated heterocycles. The average molecular weight is 1070 g/mol. The van der Waals surface area contributed by atoms with Gasteiger partial charge in [0, 0.05) is 104 Å². The Morgan fingerprint density at radius 1 is 0.346 bits per heavy atom. The Morgan fingerprint density at radius 3 is 0.821 bits per heavy atom. The molecule has 1 aromatic carbocycles. The van der Waals surface area contributed by atoms with Crippen LogP contribution in [0.5, 0.6) is 0 Å². The molecule has 7 aromatic rings. The molecule has 0 spiro atoms. The lowest BCUT2D eigenvalue weighted by atomic mass is 10.1. The van der Waals surface area contributed by atoms with Crippen LogP contribution in [0.25, 0.3) is 0 Å². The molecule has 8 N–H and O–H groups in total. The van der Waals surface area contributed by atoms with Gasteiger partial charge in [-0.2, -0.15) is 0 Å². The lowest BCUT2D eigenvalue weighted by molar-refractivity contribution is 0.0936. The number of aromatic nitrogens is 6. The van der Waals surface area contributed by atoms with Gasteiger partial charge in [-0.05, 0) is 109 Å². The van der Waals surface area contributed by atoms with E-state index in [9.17, 15) is 38.4 Å². The number of rotatable bonds is 22. The number of nitrogens with one attached hydrogen (secondary N) is 8. The number of carbonyl (C=O) groups excluding carboxylic acids is 8. The van der Waals surface area contributed by atoms with Gasteiger partial charge in [-0.15, -0.1) is 0 Å². The van der Waals surface area contributed by atoms with Crippen molar-refractivity contribution in [3.8, 4) is 0 Å². The molecule has 6 heterocycles. The predicted octanol–water partition coefficient (Wildman–Crippen LogP) is 4.59. The van der Waals surface area contributed by atoms with Gasteiger partial charge >= 0.3 is 0 Å². The molecule has 0 unspecified atom stereocenters. The summed E-state index contributed by atoms with van der Waals surface area (Å²) in [6.45, 7) is 2.69. The molecule has 410 valence electrons. The molecule has 0 aliphatic carbocycles. The normalized spacial score (nSPS) is 11.1. The highest BCUT2D eigenvalue weighted by molar-refractivity contribution is 6.12. The maximum absolute atomic E-state index is 13.5. The second kappa shape index (κ2) is 24.5. The Kier molecular flexibility index (Phi) is 17.7. The second-order valence-electron chi connectivity index (χ2n) is 19.5. The molecule has 24 nitrogen and oxygen atoms in total. The fraction of sp³-hybridized carbons (Fsp3) is 0.296. The van der Waals surface area contributed by atoms with Crippen LogP contribution in [0.15, 0.2) is 97.8 Å². The largest absolute Gasteiger partial charge is 0.351 e. The fourth-order valence-electron chi connectivity index (χ4n) is 8.52. The predicted molar refractivity (Wildman–Crippen MR) is 298 cm³/mol. The minimum atomic E-state index is -0.548. The Bertz CT molecular complexity index is 3200. The summed E-state index contributed by atoms with van der Waals surface area (Å²) in [5, 5.41) is 22.5. The van der Waals surface area contributed by atoms with Crippen LogP contribution in [-0.2, 0) is 42.3 Å². The number of carbonyl (C=O) groups is 8. The van der Waals surface area contributed by atoms with Gasteiger partial charge in [0.05, 0.1) is 34.1 Å². The minimum absolute atomic E-state index is 0.157. The van der Waals surface area contributed by atoms with Crippen molar-refractivity contribution in [2.75, 3.05) is 86.3 Å². The number of aryl methyl sites for hydroxylation is 6. The Balaban J connectivity index is 0.902. The summed E-state index contributed by atoms with van der Waals surface area (Å²) < 4.78 is 9.44. The summed E-state index contributed by atoms with van der Waals surface area (Å²) in [7, 11) is 17.9. The number of benzene rings is 1. The average Bonchev–Trinajstić information content (AvgIpc) is 4.25. The maximum atomic E-state index is 13.5. The summed E-state index contributed by atoms with van der Waals surface area (Å²) in [6, 6.07) is 15.2. The second-order valence-corrected chi connectivity index (χ2v) is 19.5. The van der Waals surface area contributed by atoms with Crippen molar-refractivity contribution < 1.29 is 38.4 Å². The maximum Gasteiger partial charge on any atom is 0.272 e. The van der Waals surface area contributed by atoms with Gasteiger partial charge in [-0.1, -0.05) is 6.07 Å². The van der Waals surface area contributed by atoms with Gasteiger partial charge < -0.3 is 79.7 Å². The molecule has 7 rings (SSSR count). The number of hydrogen-bond donors (Lipinski definition) is 8. The molecule has 0 bridgehead atoms. The standard InChI is InChI=1S/C54H66N16O8/c1-63(2)18-12-16-55-49(73)41-21-37(29-65(41)5)59-53(77)45-25-39(31-69(45)9)61-51(75)43-23-35(27-67(43)7)57-47(71)33-14-11-15-34(20-33)48(72)58-36-24-44(68(8)28-36)52(76)62-40-26-46(70(10)32-40)54(78)60-38-22-42(66(6)30-38)50(74)56-17-13-19-64(3)4/h11,14-15,20-32H,12-13,16-19H2,1-10H3,(H,55,73)(H,56,74)(H,57,71)(H,58,72)(H,59,77)(H,60,78)(H,61,75)(H,62,76). The van der Waals surface area contributed by atoms with Crippen molar-refractivity contribution in [3.05, 3.63) is 143 Å². The van der Waals surface area contributed by atoms with Crippen molar-refractivity contribution >= 4 is 81.4 Å². The highest BCUT2D eigenvalue weighted by Crippen LogP contribution is 2.23. The smallest absolute Gasteiger partial charge is 0.272 e. The van der Waals surface area contributed by atoms with Gasteiger partial charge in [-0.25, -0.2) is 0 Å². The number of amides is 8. The van der Waals surface area contributed by atoms with Crippen LogP contribution >= 0.6 is 0 Å². The van der Waals surface area contributed by atoms with Crippen molar-refractivity contribution in [2.45, 2.75) is 12.8 Å². The molecule has 0 atom stereocenters. The van der Waals surface area contributed by atoms with E-state index in [4.69, 9.17) is 0 Å². The molecule has 0 aliphatic heterocycles. The third-order valence-corrected chi connectivity index (χ3v) is 12.5. The SMILES string of the molecule is CN(C)CCCNC(=O)c1cc(NC(=O)c2cc(NC(=O)c3cc(NC(=O)c4cccc(C(=O)Nc5cc(C(=O)Nc6cc(C(=O)Nc7cc(C(=O)NCCCN(C)C)n(C)c7)n(C)c6)n(C)c5)c4)cn3C)cn2C)cn1C. The summed E-state index contributed by atoms with van der Waals surface area (Å²) in [5.74, 6) is -3.55. The molecule has 0 saturated carbocycles. The van der Waals surface area contributed by atoms with Gasteiger partial charge in [-0.3, -0.25) is 38.4 Å². The molecule has 24 heteroatoms. The lowest BCUT2D eigenvalue weighted by Crippen LogP contribution is -2.28. The van der Waals surface area contributed by atoms with Crippen molar-refractivity contribution in [3.63, 3.8) is 0 Å². The molecule has 78 heavy (non-hydrogen) atoms. The molecule has 0 aliphatic rings. The first kappa shape index (κ1) is 56.3. The first-order valence-corrected chi connectivity index (χ1v) is 24.9. The summed E-state index contributed by atoms with van der Waals surface area (Å²) in [4.78, 5) is 110. The number of anilines is 6. The molecule has 8 amide bonds. The van der Waals surface area contributed by atoms with E-state index in [0.29, 0.717) is 58.6 Å². The van der Waals surface area contributed by atoms with Crippen LogP contribution in [0.3, 0.4) is 0 Å². The molecule has 6 aromatic heterocycles. The van der Waals surface area contributed by atoms with Crippen LogP contribution in [0, 0.1) is 0 Å². The van der Waals surface area contributed by atoms with Gasteiger partial charge in [0.15, 0.2) is 0 Å². The zero-order valence-corrected chi connectivity index (χ0v) is 45.3. The monoisotopic (exact) mass is 1070 g/mol. The highest BCUT2D eigenvalue weighted by atomic mass is 16.2. The van der Waals surface area contributed by atoms with Gasteiger partial charge in [0.1, 0.15) is 34.2 Å². The van der Waals surface area contributed by atoms with E-state index in [0.717, 1.165) is 25.9 Å². The summed E-state index contributed by atoms with van der Waals surface area (Å²) in [6.07, 6.45) is 11.1. The van der Waals surface area contributed by atoms with E-state index in [1.54, 1.807) is 116 Å². The minimum Gasteiger partial charge on any atom is -0.351 e. The molecule has 0 radical (unpaired) electrons. The Hall–Kier alpha value is -9.42. The fourth-order valence-corrected chi connectivity index (χ4v) is 8.52. The topological polar surface area (TPSA) is 269 Å². The first-order chi connectivity index (χ1) is 37.0.